The highest BCUT2D eigenvalue weighted by Gasteiger charge is 2.20. The summed E-state index contributed by atoms with van der Waals surface area (Å²) in [5.74, 6) is 1.20. The van der Waals surface area contributed by atoms with Crippen LogP contribution in [0, 0.1) is 0 Å². The van der Waals surface area contributed by atoms with Gasteiger partial charge in [-0.15, -0.1) is 0 Å². The number of fused-ring (bicyclic) bond motifs is 1. The van der Waals surface area contributed by atoms with E-state index in [1.807, 2.05) is 24.4 Å². The topological polar surface area (TPSA) is 71.0 Å². The fraction of sp³-hybridized carbons (Fsp3) is 0.444. The summed E-state index contributed by atoms with van der Waals surface area (Å²) in [5, 5.41) is 2.92. The zero-order chi connectivity index (χ0) is 16.9. The van der Waals surface area contributed by atoms with Gasteiger partial charge in [0.1, 0.15) is 5.82 Å². The van der Waals surface area contributed by atoms with E-state index in [2.05, 4.69) is 39.0 Å². The molecule has 24 heavy (non-hydrogen) atoms. The second kappa shape index (κ2) is 7.49. The molecule has 0 atom stereocenters. The summed E-state index contributed by atoms with van der Waals surface area (Å²) in [5.41, 5.74) is 3.12. The first-order valence-electron chi connectivity index (χ1n) is 8.35. The minimum absolute atomic E-state index is 0.0160. The molecule has 0 aromatic carbocycles. The Morgan fingerprint density at radius 1 is 1.33 bits per heavy atom. The van der Waals surface area contributed by atoms with E-state index in [9.17, 15) is 4.79 Å². The molecule has 2 aromatic heterocycles. The van der Waals surface area contributed by atoms with Crippen LogP contribution in [-0.4, -0.2) is 38.8 Å². The highest BCUT2D eigenvalue weighted by Crippen LogP contribution is 2.18. The van der Waals surface area contributed by atoms with Crippen LogP contribution in [0.15, 0.2) is 30.6 Å². The maximum Gasteiger partial charge on any atom is 0.234 e. The largest absolute Gasteiger partial charge is 0.349 e. The first-order chi connectivity index (χ1) is 11.6. The van der Waals surface area contributed by atoms with Crippen molar-refractivity contribution in [2.24, 2.45) is 0 Å². The van der Waals surface area contributed by atoms with E-state index in [0.29, 0.717) is 25.6 Å². The second-order valence-corrected chi connectivity index (χ2v) is 6.41. The number of rotatable bonds is 5. The van der Waals surface area contributed by atoms with Gasteiger partial charge in [-0.25, -0.2) is 9.97 Å². The fourth-order valence-electron chi connectivity index (χ4n) is 2.74. The number of hydrogen-bond acceptors (Lipinski definition) is 5. The number of hydrogen-bond donors (Lipinski definition) is 1. The van der Waals surface area contributed by atoms with Gasteiger partial charge in [0.05, 0.1) is 24.5 Å². The van der Waals surface area contributed by atoms with E-state index in [1.54, 1.807) is 6.20 Å². The molecule has 0 radical (unpaired) electrons. The lowest BCUT2D eigenvalue weighted by Gasteiger charge is -2.27. The molecule has 126 valence electrons. The molecule has 0 saturated carbocycles. The van der Waals surface area contributed by atoms with Gasteiger partial charge in [0.15, 0.2) is 0 Å². The van der Waals surface area contributed by atoms with Crippen LogP contribution in [0.2, 0.25) is 0 Å². The zero-order valence-electron chi connectivity index (χ0n) is 14.2. The quantitative estimate of drug-likeness (QED) is 0.905. The highest BCUT2D eigenvalue weighted by molar-refractivity contribution is 5.78. The molecule has 6 heteroatoms. The average molecular weight is 325 g/mol. The van der Waals surface area contributed by atoms with Crippen molar-refractivity contribution in [1.29, 1.82) is 0 Å². The zero-order valence-corrected chi connectivity index (χ0v) is 14.2. The number of amides is 1. The SMILES string of the molecule is CC(C)c1ncc2c(n1)CN(CC(=O)NCc1ccccn1)CC2. The Balaban J connectivity index is 1.55. The summed E-state index contributed by atoms with van der Waals surface area (Å²) >= 11 is 0. The van der Waals surface area contributed by atoms with Crippen LogP contribution in [0.1, 0.15) is 42.5 Å². The molecule has 0 bridgehead atoms. The molecule has 1 amide bonds. The molecule has 0 saturated heterocycles. The van der Waals surface area contributed by atoms with Crippen LogP contribution in [0.4, 0.5) is 0 Å². The Labute approximate surface area is 142 Å². The third kappa shape index (κ3) is 4.14. The maximum absolute atomic E-state index is 12.2. The van der Waals surface area contributed by atoms with Crippen molar-refractivity contribution in [3.05, 3.63) is 53.4 Å². The minimum Gasteiger partial charge on any atom is -0.349 e. The molecule has 3 rings (SSSR count). The van der Waals surface area contributed by atoms with E-state index >= 15 is 0 Å². The predicted molar refractivity (Wildman–Crippen MR) is 91.2 cm³/mol. The summed E-state index contributed by atoms with van der Waals surface area (Å²) in [4.78, 5) is 27.6. The summed E-state index contributed by atoms with van der Waals surface area (Å²) < 4.78 is 0. The standard InChI is InChI=1S/C18H23N5O/c1-13(2)18-21-9-14-6-8-23(11-16(14)22-18)12-17(24)20-10-15-5-3-4-7-19-15/h3-5,7,9,13H,6,8,10-12H2,1-2H3,(H,20,24). The molecule has 0 fully saturated rings. The van der Waals surface area contributed by atoms with E-state index in [0.717, 1.165) is 30.2 Å². The molecule has 1 aliphatic rings. The number of aromatic nitrogens is 3. The maximum atomic E-state index is 12.2. The van der Waals surface area contributed by atoms with Gasteiger partial charge >= 0.3 is 0 Å². The molecular formula is C18H23N5O. The van der Waals surface area contributed by atoms with Crippen LogP contribution in [0.3, 0.4) is 0 Å². The smallest absolute Gasteiger partial charge is 0.234 e. The summed E-state index contributed by atoms with van der Waals surface area (Å²) in [6, 6.07) is 5.69. The molecule has 1 aliphatic heterocycles. The second-order valence-electron chi connectivity index (χ2n) is 6.41. The van der Waals surface area contributed by atoms with E-state index in [-0.39, 0.29) is 5.91 Å². The lowest BCUT2D eigenvalue weighted by molar-refractivity contribution is -0.122. The normalized spacial score (nSPS) is 14.5. The molecule has 3 heterocycles. The van der Waals surface area contributed by atoms with Crippen LogP contribution < -0.4 is 5.32 Å². The Hall–Kier alpha value is -2.34. The summed E-state index contributed by atoms with van der Waals surface area (Å²) in [6.45, 7) is 6.58. The Kier molecular flexibility index (Phi) is 5.15. The number of carbonyl (C=O) groups excluding carboxylic acids is 1. The van der Waals surface area contributed by atoms with E-state index in [1.165, 1.54) is 5.56 Å². The van der Waals surface area contributed by atoms with Crippen molar-refractivity contribution in [3.8, 4) is 0 Å². The van der Waals surface area contributed by atoms with Gasteiger partial charge in [0.2, 0.25) is 5.91 Å². The lowest BCUT2D eigenvalue weighted by Crippen LogP contribution is -2.40. The lowest BCUT2D eigenvalue weighted by atomic mass is 10.1. The first kappa shape index (κ1) is 16.5. The molecular weight excluding hydrogens is 302 g/mol. The monoisotopic (exact) mass is 325 g/mol. The summed E-state index contributed by atoms with van der Waals surface area (Å²) in [6.07, 6.45) is 4.56. The van der Waals surface area contributed by atoms with Gasteiger partial charge in [-0.2, -0.15) is 0 Å². The summed E-state index contributed by atoms with van der Waals surface area (Å²) in [7, 11) is 0. The van der Waals surface area contributed by atoms with Gasteiger partial charge in [-0.1, -0.05) is 19.9 Å². The Bertz CT molecular complexity index is 702. The van der Waals surface area contributed by atoms with Crippen molar-refractivity contribution < 1.29 is 4.79 Å². The first-order valence-corrected chi connectivity index (χ1v) is 8.35. The molecule has 0 unspecified atom stereocenters. The van der Waals surface area contributed by atoms with Crippen molar-refractivity contribution in [1.82, 2.24) is 25.2 Å². The number of nitrogens with zero attached hydrogens (tertiary/aromatic N) is 4. The van der Waals surface area contributed by atoms with E-state index < -0.39 is 0 Å². The van der Waals surface area contributed by atoms with Crippen LogP contribution in [-0.2, 0) is 24.3 Å². The number of pyridine rings is 1. The average Bonchev–Trinajstić information content (AvgIpc) is 2.60. The van der Waals surface area contributed by atoms with Gasteiger partial charge in [-0.05, 0) is 24.1 Å². The van der Waals surface area contributed by atoms with Gasteiger partial charge in [0, 0.05) is 31.4 Å². The van der Waals surface area contributed by atoms with Gasteiger partial charge < -0.3 is 5.32 Å². The molecule has 2 aromatic rings. The molecule has 6 nitrogen and oxygen atoms in total. The van der Waals surface area contributed by atoms with Crippen molar-refractivity contribution in [3.63, 3.8) is 0 Å². The third-order valence-electron chi connectivity index (χ3n) is 4.12. The molecule has 0 spiro atoms. The van der Waals surface area contributed by atoms with Crippen LogP contribution in [0.5, 0.6) is 0 Å². The Morgan fingerprint density at radius 2 is 2.21 bits per heavy atom. The molecule has 0 aliphatic carbocycles. The predicted octanol–water partition coefficient (Wildman–Crippen LogP) is 1.67. The fourth-order valence-corrected chi connectivity index (χ4v) is 2.74. The molecule has 1 N–H and O–H groups in total. The third-order valence-corrected chi connectivity index (χ3v) is 4.12. The van der Waals surface area contributed by atoms with Gasteiger partial charge in [0.25, 0.3) is 0 Å². The van der Waals surface area contributed by atoms with Gasteiger partial charge in [-0.3, -0.25) is 14.7 Å². The van der Waals surface area contributed by atoms with Crippen molar-refractivity contribution >= 4 is 5.91 Å². The number of nitrogens with one attached hydrogen (secondary N) is 1. The highest BCUT2D eigenvalue weighted by atomic mass is 16.2. The minimum atomic E-state index is 0.0160. The van der Waals surface area contributed by atoms with Crippen LogP contribution in [0.25, 0.3) is 0 Å². The van der Waals surface area contributed by atoms with Crippen LogP contribution >= 0.6 is 0 Å². The Morgan fingerprint density at radius 3 is 2.96 bits per heavy atom. The van der Waals surface area contributed by atoms with Crippen molar-refractivity contribution in [2.75, 3.05) is 13.1 Å². The van der Waals surface area contributed by atoms with E-state index in [4.69, 9.17) is 0 Å². The number of carbonyl (C=O) groups is 1. The van der Waals surface area contributed by atoms with Crippen molar-refractivity contribution in [2.45, 2.75) is 39.3 Å².